The molecule has 7 heteroatoms. The van der Waals surface area contributed by atoms with E-state index in [1.54, 1.807) is 6.92 Å². The summed E-state index contributed by atoms with van der Waals surface area (Å²) in [7, 11) is 0. The summed E-state index contributed by atoms with van der Waals surface area (Å²) in [5, 5.41) is 9.08. The first-order chi connectivity index (χ1) is 9.75. The molecule has 0 spiro atoms. The van der Waals surface area contributed by atoms with Crippen LogP contribution in [0.15, 0.2) is 34.8 Å². The van der Waals surface area contributed by atoms with Crippen molar-refractivity contribution in [3.05, 3.63) is 46.1 Å². The van der Waals surface area contributed by atoms with Crippen LogP contribution in [-0.2, 0) is 12.7 Å². The molecule has 0 aliphatic rings. The highest BCUT2D eigenvalue weighted by atomic mass is 79.9. The van der Waals surface area contributed by atoms with Crippen LogP contribution in [0, 0.1) is 0 Å². The second-order valence-electron chi connectivity index (χ2n) is 4.34. The van der Waals surface area contributed by atoms with Crippen LogP contribution >= 0.6 is 15.9 Å². The number of rotatable bonds is 3. The molecule has 1 aromatic carbocycles. The lowest BCUT2D eigenvalue weighted by Crippen LogP contribution is -2.11. The van der Waals surface area contributed by atoms with Crippen molar-refractivity contribution >= 4 is 21.9 Å². The maximum atomic E-state index is 13.2. The van der Waals surface area contributed by atoms with Crippen LogP contribution in [0.25, 0.3) is 11.3 Å². The van der Waals surface area contributed by atoms with Crippen LogP contribution in [-0.4, -0.2) is 15.6 Å². The van der Waals surface area contributed by atoms with Crippen LogP contribution in [0.1, 0.15) is 23.0 Å². The van der Waals surface area contributed by atoms with Gasteiger partial charge in [0.15, 0.2) is 0 Å². The average molecular weight is 362 g/mol. The molecule has 2 rings (SSSR count). The molecule has 2 aromatic rings. The third kappa shape index (κ3) is 2.97. The summed E-state index contributed by atoms with van der Waals surface area (Å²) in [6, 6.07) is 6.52. The zero-order valence-electron chi connectivity index (χ0n) is 10.9. The second-order valence-corrected chi connectivity index (χ2v) is 5.26. The lowest BCUT2D eigenvalue weighted by molar-refractivity contribution is -0.137. The number of carboxylic acid groups (broad SMARTS) is 1. The van der Waals surface area contributed by atoms with Gasteiger partial charge in [-0.05, 0) is 31.2 Å². The lowest BCUT2D eigenvalue weighted by Gasteiger charge is -2.15. The van der Waals surface area contributed by atoms with Gasteiger partial charge in [0.1, 0.15) is 5.69 Å². The van der Waals surface area contributed by atoms with Crippen LogP contribution in [0.5, 0.6) is 0 Å². The fourth-order valence-corrected chi connectivity index (χ4v) is 2.57. The lowest BCUT2D eigenvalue weighted by atomic mass is 10.0. The summed E-state index contributed by atoms with van der Waals surface area (Å²) >= 11 is 3.02. The molecule has 1 heterocycles. The van der Waals surface area contributed by atoms with E-state index in [9.17, 15) is 18.0 Å². The highest BCUT2D eigenvalue weighted by Gasteiger charge is 2.34. The summed E-state index contributed by atoms with van der Waals surface area (Å²) in [6.07, 6.45) is -4.52. The minimum Gasteiger partial charge on any atom is -0.477 e. The van der Waals surface area contributed by atoms with E-state index in [0.29, 0.717) is 4.47 Å². The Labute approximate surface area is 127 Å². The maximum absolute atomic E-state index is 13.2. The summed E-state index contributed by atoms with van der Waals surface area (Å²) in [4.78, 5) is 11.1. The number of aromatic carboxylic acids is 1. The molecule has 0 amide bonds. The van der Waals surface area contributed by atoms with Crippen molar-refractivity contribution in [2.45, 2.75) is 19.6 Å². The van der Waals surface area contributed by atoms with Gasteiger partial charge in [-0.15, -0.1) is 0 Å². The van der Waals surface area contributed by atoms with Crippen molar-refractivity contribution in [3.63, 3.8) is 0 Å². The van der Waals surface area contributed by atoms with Gasteiger partial charge in [0, 0.05) is 22.3 Å². The van der Waals surface area contributed by atoms with E-state index in [4.69, 9.17) is 5.11 Å². The van der Waals surface area contributed by atoms with E-state index in [1.807, 2.05) is 0 Å². The summed E-state index contributed by atoms with van der Waals surface area (Å²) in [6.45, 7) is 1.94. The molecule has 112 valence electrons. The van der Waals surface area contributed by atoms with Crippen molar-refractivity contribution in [1.29, 1.82) is 0 Å². The minimum atomic E-state index is -4.52. The normalized spacial score (nSPS) is 11.7. The fourth-order valence-electron chi connectivity index (χ4n) is 2.20. The number of hydrogen-bond acceptors (Lipinski definition) is 1. The van der Waals surface area contributed by atoms with Crippen LogP contribution < -0.4 is 0 Å². The van der Waals surface area contributed by atoms with Crippen LogP contribution in [0.2, 0.25) is 0 Å². The van der Waals surface area contributed by atoms with Gasteiger partial charge in [0.05, 0.1) is 5.56 Å². The molecule has 0 fully saturated rings. The molecule has 0 aliphatic carbocycles. The van der Waals surface area contributed by atoms with Gasteiger partial charge in [-0.3, -0.25) is 0 Å². The fraction of sp³-hybridized carbons (Fsp3) is 0.214. The SMILES string of the molecule is CCn1c(C(=O)O)ccc1-c1ccc(Br)cc1C(F)(F)F. The summed E-state index contributed by atoms with van der Waals surface area (Å²) in [5.41, 5.74) is -0.653. The van der Waals surface area contributed by atoms with E-state index < -0.39 is 17.7 Å². The predicted molar refractivity (Wildman–Crippen MR) is 75.2 cm³/mol. The smallest absolute Gasteiger partial charge is 0.417 e. The van der Waals surface area contributed by atoms with E-state index in [2.05, 4.69) is 15.9 Å². The van der Waals surface area contributed by atoms with Gasteiger partial charge < -0.3 is 9.67 Å². The number of alkyl halides is 3. The number of aromatic nitrogens is 1. The Kier molecular flexibility index (Phi) is 4.13. The highest BCUT2D eigenvalue weighted by molar-refractivity contribution is 9.10. The molecular weight excluding hydrogens is 351 g/mol. The number of hydrogen-bond donors (Lipinski definition) is 1. The Hall–Kier alpha value is -1.76. The topological polar surface area (TPSA) is 42.2 Å². The molecule has 0 saturated carbocycles. The third-order valence-corrected chi connectivity index (χ3v) is 3.57. The quantitative estimate of drug-likeness (QED) is 0.864. The molecule has 1 aromatic heterocycles. The van der Waals surface area contributed by atoms with E-state index in [0.717, 1.165) is 6.07 Å². The standard InChI is InChI=1S/C14H11BrF3NO2/c1-2-19-11(5-6-12(19)13(20)21)9-4-3-8(15)7-10(9)14(16,17)18/h3-7H,2H2,1H3,(H,20,21). The number of carboxylic acids is 1. The molecular formula is C14H11BrF3NO2. The van der Waals surface area contributed by atoms with Gasteiger partial charge >= 0.3 is 12.1 Å². The first-order valence-corrected chi connectivity index (χ1v) is 6.85. The van der Waals surface area contributed by atoms with E-state index in [1.165, 1.54) is 28.8 Å². The molecule has 21 heavy (non-hydrogen) atoms. The van der Waals surface area contributed by atoms with Crippen LogP contribution in [0.4, 0.5) is 13.2 Å². The Morgan fingerprint density at radius 2 is 1.95 bits per heavy atom. The second kappa shape index (κ2) is 5.55. The zero-order valence-corrected chi connectivity index (χ0v) is 12.5. The van der Waals surface area contributed by atoms with Crippen LogP contribution in [0.3, 0.4) is 0 Å². The maximum Gasteiger partial charge on any atom is 0.417 e. The van der Waals surface area contributed by atoms with Gasteiger partial charge in [-0.1, -0.05) is 22.0 Å². The number of benzene rings is 1. The Morgan fingerprint density at radius 1 is 1.29 bits per heavy atom. The summed E-state index contributed by atoms with van der Waals surface area (Å²) in [5.74, 6) is -1.17. The van der Waals surface area contributed by atoms with Gasteiger partial charge in [0.2, 0.25) is 0 Å². The zero-order chi connectivity index (χ0) is 15.8. The molecule has 0 saturated heterocycles. The minimum absolute atomic E-state index is 0.0384. The Morgan fingerprint density at radius 3 is 2.48 bits per heavy atom. The number of carbonyl (C=O) groups is 1. The van der Waals surface area contributed by atoms with Crippen molar-refractivity contribution < 1.29 is 23.1 Å². The third-order valence-electron chi connectivity index (χ3n) is 3.08. The predicted octanol–water partition coefficient (Wildman–Crippen LogP) is 4.65. The molecule has 1 N–H and O–H groups in total. The molecule has 0 bridgehead atoms. The summed E-state index contributed by atoms with van der Waals surface area (Å²) < 4.78 is 41.2. The number of halogens is 4. The van der Waals surface area contributed by atoms with Gasteiger partial charge in [-0.2, -0.15) is 13.2 Å². The Bertz CT molecular complexity index is 692. The molecule has 0 atom stereocenters. The highest BCUT2D eigenvalue weighted by Crippen LogP contribution is 2.39. The molecule has 0 aliphatic heterocycles. The monoisotopic (exact) mass is 361 g/mol. The van der Waals surface area contributed by atoms with E-state index >= 15 is 0 Å². The van der Waals surface area contributed by atoms with Crippen molar-refractivity contribution in [2.75, 3.05) is 0 Å². The van der Waals surface area contributed by atoms with E-state index in [-0.39, 0.29) is 23.5 Å². The van der Waals surface area contributed by atoms with Crippen molar-refractivity contribution in [3.8, 4) is 11.3 Å². The number of nitrogens with zero attached hydrogens (tertiary/aromatic N) is 1. The molecule has 0 unspecified atom stereocenters. The Balaban J connectivity index is 2.71. The van der Waals surface area contributed by atoms with Gasteiger partial charge in [0.25, 0.3) is 0 Å². The van der Waals surface area contributed by atoms with Crippen molar-refractivity contribution in [2.24, 2.45) is 0 Å². The van der Waals surface area contributed by atoms with Gasteiger partial charge in [-0.25, -0.2) is 4.79 Å². The largest absolute Gasteiger partial charge is 0.477 e. The first kappa shape index (κ1) is 15.6. The molecule has 0 radical (unpaired) electrons. The molecule has 3 nitrogen and oxygen atoms in total. The first-order valence-electron chi connectivity index (χ1n) is 6.05. The van der Waals surface area contributed by atoms with Crippen molar-refractivity contribution in [1.82, 2.24) is 4.57 Å². The average Bonchev–Trinajstić information content (AvgIpc) is 2.81.